The van der Waals surface area contributed by atoms with E-state index in [-0.39, 0.29) is 0 Å². The molecule has 0 aromatic heterocycles. The Morgan fingerprint density at radius 1 is 1.19 bits per heavy atom. The lowest BCUT2D eigenvalue weighted by molar-refractivity contribution is 0.244. The highest BCUT2D eigenvalue weighted by Gasteiger charge is 2.49. The summed E-state index contributed by atoms with van der Waals surface area (Å²) in [7, 11) is -1.39. The molecule has 2 heterocycles. The average molecular weight is 240 g/mol. The first-order chi connectivity index (χ1) is 7.69. The molecule has 92 valence electrons. The largest absolute Gasteiger partial charge is 0.417 e. The van der Waals surface area contributed by atoms with E-state index in [1.165, 1.54) is 38.1 Å². The van der Waals surface area contributed by atoms with Crippen LogP contribution in [0.2, 0.25) is 18.1 Å². The minimum Gasteiger partial charge on any atom is -0.417 e. The third-order valence-electron chi connectivity index (χ3n) is 5.21. The summed E-state index contributed by atoms with van der Waals surface area (Å²) in [5.74, 6) is 0.888. The first-order valence-corrected chi connectivity index (χ1v) is 9.68. The topological polar surface area (TPSA) is 21.8 Å². The first kappa shape index (κ1) is 11.2. The Morgan fingerprint density at radius 2 is 2.06 bits per heavy atom. The van der Waals surface area contributed by atoms with E-state index in [0.717, 1.165) is 18.1 Å². The Labute approximate surface area is 99.8 Å². The fourth-order valence-electron chi connectivity index (χ4n) is 3.70. The Hall–Kier alpha value is 0.137. The molecule has 0 radical (unpaired) electrons. The molecule has 5 atom stereocenters. The van der Waals surface area contributed by atoms with E-state index >= 15 is 0 Å². The van der Waals surface area contributed by atoms with Crippen molar-refractivity contribution in [3.63, 3.8) is 0 Å². The van der Waals surface area contributed by atoms with E-state index in [1.54, 1.807) is 0 Å². The van der Waals surface area contributed by atoms with Crippen molar-refractivity contribution < 1.29 is 9.16 Å². The molecular formula is C13H24O2Si. The average Bonchev–Trinajstić information content (AvgIpc) is 3.07. The van der Waals surface area contributed by atoms with Gasteiger partial charge in [-0.1, -0.05) is 13.3 Å². The Bertz CT molecular complexity index is 263. The van der Waals surface area contributed by atoms with Gasteiger partial charge in [-0.15, -0.1) is 0 Å². The van der Waals surface area contributed by atoms with Gasteiger partial charge >= 0.3 is 0 Å². The van der Waals surface area contributed by atoms with Crippen molar-refractivity contribution in [1.82, 2.24) is 0 Å². The second-order valence-electron chi connectivity index (χ2n) is 6.19. The molecule has 16 heavy (non-hydrogen) atoms. The van der Waals surface area contributed by atoms with Crippen molar-refractivity contribution in [3.05, 3.63) is 0 Å². The van der Waals surface area contributed by atoms with Crippen molar-refractivity contribution in [2.45, 2.75) is 69.4 Å². The summed E-state index contributed by atoms with van der Waals surface area (Å²) < 4.78 is 11.9. The summed E-state index contributed by atoms with van der Waals surface area (Å²) in [5, 5.41) is 0. The molecule has 3 fully saturated rings. The Morgan fingerprint density at radius 3 is 2.75 bits per heavy atom. The van der Waals surface area contributed by atoms with E-state index in [1.807, 2.05) is 0 Å². The zero-order valence-electron chi connectivity index (χ0n) is 10.6. The molecule has 0 aromatic rings. The van der Waals surface area contributed by atoms with Crippen LogP contribution in [0.1, 0.15) is 39.0 Å². The van der Waals surface area contributed by atoms with Crippen LogP contribution in [0.25, 0.3) is 0 Å². The zero-order valence-corrected chi connectivity index (χ0v) is 11.6. The molecule has 5 unspecified atom stereocenters. The third kappa shape index (κ3) is 1.98. The molecule has 3 heteroatoms. The molecule has 3 rings (SSSR count). The summed E-state index contributed by atoms with van der Waals surface area (Å²) in [6.45, 7) is 5.96. The molecule has 1 saturated carbocycles. The van der Waals surface area contributed by atoms with Gasteiger partial charge in [0, 0.05) is 6.61 Å². The van der Waals surface area contributed by atoms with Crippen molar-refractivity contribution in [2.24, 2.45) is 5.92 Å². The summed E-state index contributed by atoms with van der Waals surface area (Å²) in [4.78, 5) is 0. The highest BCUT2D eigenvalue weighted by molar-refractivity contribution is 6.74. The van der Waals surface area contributed by atoms with Crippen LogP contribution in [-0.4, -0.2) is 27.1 Å². The highest BCUT2D eigenvalue weighted by Crippen LogP contribution is 2.48. The molecule has 2 saturated heterocycles. The van der Waals surface area contributed by atoms with E-state index in [2.05, 4.69) is 13.5 Å². The molecular weight excluding hydrogens is 216 g/mol. The van der Waals surface area contributed by atoms with Crippen LogP contribution in [0, 0.1) is 5.92 Å². The van der Waals surface area contributed by atoms with Crippen LogP contribution < -0.4 is 0 Å². The summed E-state index contributed by atoms with van der Waals surface area (Å²) in [5.41, 5.74) is 0.831. The van der Waals surface area contributed by atoms with Crippen molar-refractivity contribution in [3.8, 4) is 0 Å². The second kappa shape index (κ2) is 4.11. The molecule has 0 N–H and O–H groups in total. The number of rotatable bonds is 2. The normalized spacial score (nSPS) is 49.5. The number of fused-ring (bicyclic) bond motifs is 1. The molecule has 0 aromatic carbocycles. The fourth-order valence-corrected chi connectivity index (χ4v) is 7.43. The summed E-state index contributed by atoms with van der Waals surface area (Å²) in [6.07, 6.45) is 7.97. The predicted octanol–water partition coefficient (Wildman–Crippen LogP) is 3.33. The maximum absolute atomic E-state index is 6.23. The Balaban J connectivity index is 1.63. The zero-order chi connectivity index (χ0) is 11.2. The van der Waals surface area contributed by atoms with Gasteiger partial charge in [0.2, 0.25) is 0 Å². The lowest BCUT2D eigenvalue weighted by atomic mass is 9.87. The van der Waals surface area contributed by atoms with Gasteiger partial charge in [-0.05, 0) is 49.7 Å². The summed E-state index contributed by atoms with van der Waals surface area (Å²) in [6, 6.07) is 1.39. The number of hydrogen-bond donors (Lipinski definition) is 0. The van der Waals surface area contributed by atoms with E-state index in [4.69, 9.17) is 9.16 Å². The van der Waals surface area contributed by atoms with Gasteiger partial charge in [-0.3, -0.25) is 0 Å². The maximum Gasteiger partial charge on any atom is 0.192 e. The minimum absolute atomic E-state index is 0.627. The molecule has 0 amide bonds. The maximum atomic E-state index is 6.23. The smallest absolute Gasteiger partial charge is 0.192 e. The van der Waals surface area contributed by atoms with Gasteiger partial charge in [0.05, 0.1) is 12.2 Å². The van der Waals surface area contributed by atoms with E-state index in [0.29, 0.717) is 12.2 Å². The molecule has 1 aliphatic carbocycles. The van der Waals surface area contributed by atoms with Crippen LogP contribution in [0.15, 0.2) is 0 Å². The van der Waals surface area contributed by atoms with Crippen LogP contribution in [-0.2, 0) is 9.16 Å². The lowest BCUT2D eigenvalue weighted by Gasteiger charge is -2.41. The van der Waals surface area contributed by atoms with Crippen LogP contribution in [0.3, 0.4) is 0 Å². The van der Waals surface area contributed by atoms with Crippen LogP contribution in [0.4, 0.5) is 0 Å². The van der Waals surface area contributed by atoms with Gasteiger partial charge in [0.25, 0.3) is 0 Å². The van der Waals surface area contributed by atoms with Crippen LogP contribution >= 0.6 is 0 Å². The number of epoxide rings is 1. The van der Waals surface area contributed by atoms with Gasteiger partial charge in [-0.2, -0.15) is 0 Å². The van der Waals surface area contributed by atoms with E-state index in [9.17, 15) is 0 Å². The van der Waals surface area contributed by atoms with Crippen molar-refractivity contribution in [2.75, 3.05) is 6.61 Å². The lowest BCUT2D eigenvalue weighted by Crippen LogP contribution is -2.45. The monoisotopic (exact) mass is 240 g/mol. The van der Waals surface area contributed by atoms with Gasteiger partial charge in [0.15, 0.2) is 8.32 Å². The van der Waals surface area contributed by atoms with E-state index < -0.39 is 8.32 Å². The molecule has 0 bridgehead atoms. The fraction of sp³-hybridized carbons (Fsp3) is 1.00. The highest BCUT2D eigenvalue weighted by atomic mass is 28.4. The van der Waals surface area contributed by atoms with Crippen molar-refractivity contribution in [1.29, 1.82) is 0 Å². The molecule has 2 aliphatic heterocycles. The van der Waals surface area contributed by atoms with Gasteiger partial charge in [0.1, 0.15) is 0 Å². The van der Waals surface area contributed by atoms with Crippen molar-refractivity contribution >= 4 is 8.32 Å². The number of ether oxygens (including phenoxy) is 1. The first-order valence-electron chi connectivity index (χ1n) is 6.98. The third-order valence-corrected chi connectivity index (χ3v) is 9.82. The Kier molecular flexibility index (Phi) is 2.89. The van der Waals surface area contributed by atoms with Crippen LogP contribution in [0.5, 0.6) is 0 Å². The quantitative estimate of drug-likeness (QED) is 0.545. The molecule has 2 nitrogen and oxygen atoms in total. The summed E-state index contributed by atoms with van der Waals surface area (Å²) >= 11 is 0. The predicted molar refractivity (Wildman–Crippen MR) is 67.0 cm³/mol. The minimum atomic E-state index is -1.39. The van der Waals surface area contributed by atoms with Gasteiger partial charge in [-0.25, -0.2) is 0 Å². The molecule has 3 aliphatic rings. The SMILES string of the molecule is CC(C1CCC2OC2C1)[Si]1(C)CCCCO1. The number of hydrogen-bond acceptors (Lipinski definition) is 2. The standard InChI is InChI=1S/C13H24O2Si/c1-10(16(2)8-4-3-7-14-16)11-5-6-12-13(9-11)15-12/h10-13H,3-9H2,1-2H3. The second-order valence-corrected chi connectivity index (χ2v) is 10.5. The molecule has 0 spiro atoms. The van der Waals surface area contributed by atoms with Gasteiger partial charge < -0.3 is 9.16 Å².